The molecule has 2 heterocycles. The number of likely N-dealkylation sites (N-methyl/N-ethyl adjacent to an activating group) is 1. The topological polar surface area (TPSA) is 80.3 Å². The molecule has 0 bridgehead atoms. The lowest BCUT2D eigenvalue weighted by atomic mass is 9.89. The summed E-state index contributed by atoms with van der Waals surface area (Å²) in [5, 5.41) is 0. The smallest absolute Gasteiger partial charge is 0.361 e. The molecule has 2 aromatic rings. The fourth-order valence-electron chi connectivity index (χ4n) is 4.47. The summed E-state index contributed by atoms with van der Waals surface area (Å²) >= 11 is 0. The van der Waals surface area contributed by atoms with Crippen molar-refractivity contribution < 1.29 is 37.8 Å². The first-order valence-corrected chi connectivity index (χ1v) is 10.7. The van der Waals surface area contributed by atoms with Crippen molar-refractivity contribution >= 4 is 17.8 Å². The van der Waals surface area contributed by atoms with Crippen molar-refractivity contribution in [1.82, 2.24) is 0 Å². The maximum Gasteiger partial charge on any atom is 0.361 e. The van der Waals surface area contributed by atoms with Gasteiger partial charge in [0.1, 0.15) is 12.3 Å². The average Bonchev–Trinajstić information content (AvgIpc) is 3.30. The average molecular weight is 454 g/mol. The Labute approximate surface area is 192 Å². The molecule has 4 rings (SSSR count). The van der Waals surface area contributed by atoms with Crippen LogP contribution in [-0.2, 0) is 22.5 Å². The van der Waals surface area contributed by atoms with Crippen LogP contribution in [0.4, 0.5) is 0 Å². The monoisotopic (exact) mass is 454 g/mol. The summed E-state index contributed by atoms with van der Waals surface area (Å²) in [6.07, 6.45) is 3.88. The summed E-state index contributed by atoms with van der Waals surface area (Å²) in [5.74, 6) is 1.66. The van der Waals surface area contributed by atoms with Crippen LogP contribution in [0.3, 0.4) is 0 Å². The lowest BCUT2D eigenvalue weighted by Gasteiger charge is -2.38. The fraction of sp³-hybridized carbons (Fsp3) is 0.360. The number of carbonyl (C=O) groups is 2. The van der Waals surface area contributed by atoms with Gasteiger partial charge >= 0.3 is 5.97 Å². The first-order valence-electron chi connectivity index (χ1n) is 10.7. The summed E-state index contributed by atoms with van der Waals surface area (Å²) in [6, 6.07) is 7.47. The van der Waals surface area contributed by atoms with Crippen LogP contribution in [0.1, 0.15) is 27.0 Å². The van der Waals surface area contributed by atoms with Gasteiger partial charge in [-0.25, -0.2) is 4.79 Å². The zero-order chi connectivity index (χ0) is 23.6. The van der Waals surface area contributed by atoms with Gasteiger partial charge in [0.05, 0.1) is 46.0 Å². The summed E-state index contributed by atoms with van der Waals surface area (Å²) < 4.78 is 27.7. The number of fused-ring (bicyclic) bond motifs is 2. The van der Waals surface area contributed by atoms with E-state index in [1.165, 1.54) is 13.2 Å². The zero-order valence-corrected chi connectivity index (χ0v) is 19.3. The van der Waals surface area contributed by atoms with Crippen LogP contribution in [-0.4, -0.2) is 64.5 Å². The van der Waals surface area contributed by atoms with Crippen LogP contribution >= 0.6 is 0 Å². The summed E-state index contributed by atoms with van der Waals surface area (Å²) in [5.41, 5.74) is 3.07. The largest absolute Gasteiger partial charge is 0.497 e. The number of carbonyl (C=O) groups excluding carboxylic acids is 2. The van der Waals surface area contributed by atoms with E-state index in [9.17, 15) is 9.59 Å². The van der Waals surface area contributed by atoms with Gasteiger partial charge in [-0.1, -0.05) is 18.2 Å². The highest BCUT2D eigenvalue weighted by atomic mass is 16.7. The molecule has 0 saturated carbocycles. The predicted molar refractivity (Wildman–Crippen MR) is 121 cm³/mol. The van der Waals surface area contributed by atoms with E-state index >= 15 is 0 Å². The van der Waals surface area contributed by atoms with Crippen molar-refractivity contribution in [1.29, 1.82) is 0 Å². The van der Waals surface area contributed by atoms with Crippen molar-refractivity contribution in [3.63, 3.8) is 0 Å². The number of quaternary nitrogens is 1. The minimum atomic E-state index is -0.279. The van der Waals surface area contributed by atoms with Gasteiger partial charge in [-0.2, -0.15) is 0 Å². The molecular formula is C25H28NO7+. The van der Waals surface area contributed by atoms with Gasteiger partial charge in [0.2, 0.25) is 12.5 Å². The van der Waals surface area contributed by atoms with E-state index < -0.39 is 0 Å². The van der Waals surface area contributed by atoms with Crippen LogP contribution < -0.4 is 18.9 Å². The SMILES string of the molecule is COC(=O)C[N@@+]1(C)CCc2c(c(OC)c3c(c2C(=O)/C=C/c2cccc(OC)c2)OCO3)C1. The highest BCUT2D eigenvalue weighted by molar-refractivity contribution is 6.11. The van der Waals surface area contributed by atoms with E-state index in [2.05, 4.69) is 0 Å². The lowest BCUT2D eigenvalue weighted by Crippen LogP contribution is -2.51. The van der Waals surface area contributed by atoms with Gasteiger partial charge in [-0.15, -0.1) is 0 Å². The molecule has 0 amide bonds. The Morgan fingerprint density at radius 3 is 2.61 bits per heavy atom. The van der Waals surface area contributed by atoms with Crippen LogP contribution in [0.15, 0.2) is 30.3 Å². The third kappa shape index (κ3) is 4.39. The molecule has 0 aliphatic carbocycles. The van der Waals surface area contributed by atoms with Crippen LogP contribution in [0, 0.1) is 0 Å². The third-order valence-corrected chi connectivity index (χ3v) is 6.14. The normalized spacial score (nSPS) is 18.7. The number of nitrogens with zero attached hydrogens (tertiary/aromatic N) is 1. The fourth-order valence-corrected chi connectivity index (χ4v) is 4.47. The van der Waals surface area contributed by atoms with Crippen molar-refractivity contribution in [3.8, 4) is 23.0 Å². The maximum absolute atomic E-state index is 13.4. The molecule has 0 saturated heterocycles. The molecule has 2 aliphatic heterocycles. The number of methoxy groups -OCH3 is 3. The maximum atomic E-state index is 13.4. The van der Waals surface area contributed by atoms with Crippen LogP contribution in [0.2, 0.25) is 0 Å². The molecule has 1 atom stereocenters. The van der Waals surface area contributed by atoms with Crippen molar-refractivity contribution in [2.75, 3.05) is 48.3 Å². The molecule has 0 aromatic heterocycles. The number of rotatable bonds is 7. The molecule has 0 radical (unpaired) electrons. The number of ether oxygens (including phenoxy) is 5. The Morgan fingerprint density at radius 1 is 1.09 bits per heavy atom. The van der Waals surface area contributed by atoms with Gasteiger partial charge in [0.15, 0.2) is 23.8 Å². The van der Waals surface area contributed by atoms with E-state index in [1.807, 2.05) is 31.3 Å². The molecule has 8 nitrogen and oxygen atoms in total. The standard InChI is InChI=1S/C25H28NO7/c1-26(14-21(28)30-3)11-10-18-19(13-26)23(31-4)25-24(32-15-33-25)22(18)20(27)9-8-16-6-5-7-17(12-16)29-2/h5-9,12H,10-11,13-15H2,1-4H3/q+1/b9-8+/t26-/m0/s1. The zero-order valence-electron chi connectivity index (χ0n) is 19.3. The highest BCUT2D eigenvalue weighted by Gasteiger charge is 2.40. The first-order chi connectivity index (χ1) is 15.9. The highest BCUT2D eigenvalue weighted by Crippen LogP contribution is 2.50. The summed E-state index contributed by atoms with van der Waals surface area (Å²) in [7, 11) is 6.55. The quantitative estimate of drug-likeness (QED) is 0.275. The first kappa shape index (κ1) is 22.7. The van der Waals surface area contributed by atoms with E-state index in [-0.39, 0.29) is 25.1 Å². The third-order valence-electron chi connectivity index (χ3n) is 6.14. The second-order valence-corrected chi connectivity index (χ2v) is 8.39. The number of esters is 1. The second kappa shape index (κ2) is 9.15. The van der Waals surface area contributed by atoms with Crippen molar-refractivity contribution in [2.24, 2.45) is 0 Å². The van der Waals surface area contributed by atoms with Gasteiger partial charge in [-0.05, 0) is 29.3 Å². The number of benzene rings is 2. The molecule has 0 unspecified atom stereocenters. The summed E-state index contributed by atoms with van der Waals surface area (Å²) in [4.78, 5) is 25.4. The Morgan fingerprint density at radius 2 is 1.88 bits per heavy atom. The van der Waals surface area contributed by atoms with Gasteiger partial charge < -0.3 is 28.2 Å². The lowest BCUT2D eigenvalue weighted by molar-refractivity contribution is -0.917. The number of hydrogen-bond donors (Lipinski definition) is 0. The van der Waals surface area contributed by atoms with Crippen molar-refractivity contribution in [3.05, 3.63) is 52.6 Å². The van der Waals surface area contributed by atoms with Gasteiger partial charge in [0.25, 0.3) is 0 Å². The summed E-state index contributed by atoms with van der Waals surface area (Å²) in [6.45, 7) is 1.42. The molecule has 174 valence electrons. The van der Waals surface area contributed by atoms with E-state index in [0.717, 1.165) is 16.7 Å². The van der Waals surface area contributed by atoms with E-state index in [1.54, 1.807) is 20.3 Å². The van der Waals surface area contributed by atoms with Crippen LogP contribution in [0.5, 0.6) is 23.0 Å². The molecule has 0 N–H and O–H groups in total. The van der Waals surface area contributed by atoms with Gasteiger partial charge in [0, 0.05) is 6.42 Å². The number of hydrogen-bond acceptors (Lipinski definition) is 7. The Hall–Kier alpha value is -3.52. The number of ketones is 1. The van der Waals surface area contributed by atoms with Crippen molar-refractivity contribution in [2.45, 2.75) is 13.0 Å². The minimum absolute atomic E-state index is 0.0166. The second-order valence-electron chi connectivity index (χ2n) is 8.39. The van der Waals surface area contributed by atoms with E-state index in [4.69, 9.17) is 23.7 Å². The Bertz CT molecular complexity index is 1120. The molecule has 33 heavy (non-hydrogen) atoms. The van der Waals surface area contributed by atoms with Crippen LogP contribution in [0.25, 0.3) is 6.08 Å². The van der Waals surface area contributed by atoms with E-state index in [0.29, 0.717) is 52.6 Å². The molecule has 2 aromatic carbocycles. The minimum Gasteiger partial charge on any atom is -0.497 e. The molecule has 0 fully saturated rings. The predicted octanol–water partition coefficient (Wildman–Crippen LogP) is 3.00. The number of allylic oxidation sites excluding steroid dienone is 1. The Balaban J connectivity index is 1.75. The molecule has 8 heteroatoms. The molecule has 0 spiro atoms. The molecule has 2 aliphatic rings. The Kier molecular flexibility index (Phi) is 6.29. The van der Waals surface area contributed by atoms with Gasteiger partial charge in [-0.3, -0.25) is 4.79 Å². The molecular weight excluding hydrogens is 426 g/mol.